The first-order valence-corrected chi connectivity index (χ1v) is 10.6. The highest BCUT2D eigenvalue weighted by Crippen LogP contribution is 2.41. The van der Waals surface area contributed by atoms with Crippen molar-refractivity contribution in [3.05, 3.63) is 82.4 Å². The van der Waals surface area contributed by atoms with Crippen molar-refractivity contribution in [2.24, 2.45) is 0 Å². The summed E-state index contributed by atoms with van der Waals surface area (Å²) in [6, 6.07) is 15.3. The molecule has 1 saturated heterocycles. The van der Waals surface area contributed by atoms with Gasteiger partial charge in [0.05, 0.1) is 17.8 Å². The summed E-state index contributed by atoms with van der Waals surface area (Å²) in [6.07, 6.45) is 1.85. The van der Waals surface area contributed by atoms with Gasteiger partial charge >= 0.3 is 0 Å². The van der Waals surface area contributed by atoms with Gasteiger partial charge in [0.25, 0.3) is 0 Å². The molecule has 4 nitrogen and oxygen atoms in total. The number of benzene rings is 1. The molecule has 1 aromatic carbocycles. The summed E-state index contributed by atoms with van der Waals surface area (Å²) in [4.78, 5) is 6.90. The maximum Gasteiger partial charge on any atom is 0.170 e. The average Bonchev–Trinajstić information content (AvgIpc) is 3.16. The topological polar surface area (TPSA) is 33.1 Å². The van der Waals surface area contributed by atoms with Gasteiger partial charge in [0.15, 0.2) is 5.11 Å². The average molecular weight is 405 g/mol. The third-order valence-electron chi connectivity index (χ3n) is 5.79. The lowest BCUT2D eigenvalue weighted by Crippen LogP contribution is -2.29. The van der Waals surface area contributed by atoms with Gasteiger partial charge in [-0.2, -0.15) is 0 Å². The molecule has 0 amide bonds. The minimum absolute atomic E-state index is 0.0387. The summed E-state index contributed by atoms with van der Waals surface area (Å²) in [6.45, 7) is 11.7. The highest BCUT2D eigenvalue weighted by atomic mass is 32.1. The fourth-order valence-electron chi connectivity index (χ4n) is 4.65. The Hall–Kier alpha value is -2.66. The highest BCUT2D eigenvalue weighted by molar-refractivity contribution is 7.80. The quantitative estimate of drug-likeness (QED) is 0.614. The molecule has 4 rings (SSSR count). The molecule has 0 bridgehead atoms. The van der Waals surface area contributed by atoms with Crippen LogP contribution in [0.5, 0.6) is 0 Å². The molecular formula is C24H28N4S. The van der Waals surface area contributed by atoms with Crippen LogP contribution in [0.4, 0.5) is 0 Å². The van der Waals surface area contributed by atoms with Crippen LogP contribution in [0.15, 0.2) is 48.7 Å². The van der Waals surface area contributed by atoms with Crippen LogP contribution < -0.4 is 5.32 Å². The largest absolute Gasteiger partial charge is 0.352 e. The molecule has 2 atom stereocenters. The number of hydrogen-bond acceptors (Lipinski definition) is 2. The number of nitrogens with zero attached hydrogens (tertiary/aromatic N) is 3. The van der Waals surface area contributed by atoms with E-state index in [0.29, 0.717) is 0 Å². The molecule has 0 radical (unpaired) electrons. The standard InChI is InChI=1S/C24H28N4S/c1-6-27-23(22(26-24(27)29)21-9-7-8-10-25-21)20-14-17(4)28(18(20)5)19-12-15(2)11-16(3)13-19/h7-14,22-23H,6H2,1-5H3,(H,26,29)/t22-,23-/m0/s1. The van der Waals surface area contributed by atoms with Gasteiger partial charge in [0.1, 0.15) is 0 Å². The van der Waals surface area contributed by atoms with Crippen LogP contribution in [0.2, 0.25) is 0 Å². The Morgan fingerprint density at radius 3 is 2.38 bits per heavy atom. The number of pyridine rings is 1. The molecule has 3 aromatic rings. The SMILES string of the molecule is CCN1C(=S)N[C@@H](c2ccccn2)[C@@H]1c1cc(C)n(-c2cc(C)cc(C)c2)c1C. The lowest BCUT2D eigenvalue weighted by molar-refractivity contribution is 0.329. The highest BCUT2D eigenvalue weighted by Gasteiger charge is 2.40. The van der Waals surface area contributed by atoms with E-state index in [4.69, 9.17) is 12.2 Å². The van der Waals surface area contributed by atoms with Crippen molar-refractivity contribution >= 4 is 17.3 Å². The summed E-state index contributed by atoms with van der Waals surface area (Å²) in [5.41, 5.74) is 8.58. The Balaban J connectivity index is 1.85. The third kappa shape index (κ3) is 3.44. The normalized spacial score (nSPS) is 18.9. The molecule has 1 fully saturated rings. The zero-order chi connectivity index (χ0) is 20.7. The first-order chi connectivity index (χ1) is 13.9. The molecule has 150 valence electrons. The number of rotatable bonds is 4. The Morgan fingerprint density at radius 2 is 1.76 bits per heavy atom. The van der Waals surface area contributed by atoms with Crippen LogP contribution in [-0.4, -0.2) is 26.1 Å². The smallest absolute Gasteiger partial charge is 0.170 e. The number of aromatic nitrogens is 2. The zero-order valence-corrected chi connectivity index (χ0v) is 18.5. The summed E-state index contributed by atoms with van der Waals surface area (Å²) in [5.74, 6) is 0. The second kappa shape index (κ2) is 7.64. The predicted molar refractivity (Wildman–Crippen MR) is 123 cm³/mol. The van der Waals surface area contributed by atoms with Crippen molar-refractivity contribution in [1.29, 1.82) is 0 Å². The summed E-state index contributed by atoms with van der Waals surface area (Å²) < 4.78 is 2.36. The first-order valence-electron chi connectivity index (χ1n) is 10.2. The van der Waals surface area contributed by atoms with E-state index in [1.807, 2.05) is 18.3 Å². The molecular weight excluding hydrogens is 376 g/mol. The lowest BCUT2D eigenvalue weighted by atomic mass is 9.97. The molecule has 0 saturated carbocycles. The van der Waals surface area contributed by atoms with Gasteiger partial charge in [-0.3, -0.25) is 4.98 Å². The molecule has 0 unspecified atom stereocenters. The van der Waals surface area contributed by atoms with Gasteiger partial charge in [-0.05, 0) is 93.9 Å². The molecule has 0 aliphatic carbocycles. The second-order valence-electron chi connectivity index (χ2n) is 7.92. The van der Waals surface area contributed by atoms with Crippen molar-refractivity contribution in [2.75, 3.05) is 6.54 Å². The van der Waals surface area contributed by atoms with Crippen LogP contribution in [0.3, 0.4) is 0 Å². The van der Waals surface area contributed by atoms with Crippen LogP contribution in [-0.2, 0) is 0 Å². The van der Waals surface area contributed by atoms with E-state index in [-0.39, 0.29) is 12.1 Å². The Labute approximate surface area is 178 Å². The fraction of sp³-hybridized carbons (Fsp3) is 0.333. The van der Waals surface area contributed by atoms with E-state index >= 15 is 0 Å². The first kappa shape index (κ1) is 19.6. The molecule has 1 aliphatic heterocycles. The molecule has 1 aliphatic rings. The van der Waals surface area contributed by atoms with Crippen molar-refractivity contribution in [2.45, 2.75) is 46.7 Å². The molecule has 2 aromatic heterocycles. The van der Waals surface area contributed by atoms with Gasteiger partial charge in [0, 0.05) is 29.8 Å². The maximum atomic E-state index is 5.68. The van der Waals surface area contributed by atoms with E-state index in [1.54, 1.807) is 0 Å². The minimum atomic E-state index is 0.0387. The van der Waals surface area contributed by atoms with E-state index in [2.05, 4.69) is 84.7 Å². The Kier molecular flexibility index (Phi) is 5.17. The summed E-state index contributed by atoms with van der Waals surface area (Å²) >= 11 is 5.68. The van der Waals surface area contributed by atoms with Gasteiger partial charge in [-0.1, -0.05) is 12.1 Å². The van der Waals surface area contributed by atoms with E-state index in [1.165, 1.54) is 33.8 Å². The third-order valence-corrected chi connectivity index (χ3v) is 6.14. The summed E-state index contributed by atoms with van der Waals surface area (Å²) in [5, 5.41) is 4.31. The Morgan fingerprint density at radius 1 is 1.03 bits per heavy atom. The van der Waals surface area contributed by atoms with Crippen molar-refractivity contribution in [3.8, 4) is 5.69 Å². The number of likely N-dealkylation sites (N-methyl/N-ethyl adjacent to an activating group) is 1. The van der Waals surface area contributed by atoms with Crippen LogP contribution in [0, 0.1) is 27.7 Å². The molecule has 0 spiro atoms. The second-order valence-corrected chi connectivity index (χ2v) is 8.31. The molecule has 1 N–H and O–H groups in total. The van der Waals surface area contributed by atoms with Crippen molar-refractivity contribution in [1.82, 2.24) is 19.8 Å². The molecule has 5 heteroatoms. The van der Waals surface area contributed by atoms with Gasteiger partial charge in [-0.15, -0.1) is 0 Å². The monoisotopic (exact) mass is 404 g/mol. The number of hydrogen-bond donors (Lipinski definition) is 1. The number of nitrogens with one attached hydrogen (secondary N) is 1. The van der Waals surface area contributed by atoms with Gasteiger partial charge in [-0.25, -0.2) is 0 Å². The van der Waals surface area contributed by atoms with Crippen molar-refractivity contribution in [3.63, 3.8) is 0 Å². The molecule has 29 heavy (non-hydrogen) atoms. The van der Waals surface area contributed by atoms with Crippen LogP contribution in [0.25, 0.3) is 5.69 Å². The Bertz CT molecular complexity index is 1030. The van der Waals surface area contributed by atoms with E-state index in [0.717, 1.165) is 17.4 Å². The van der Waals surface area contributed by atoms with Gasteiger partial charge in [0.2, 0.25) is 0 Å². The maximum absolute atomic E-state index is 5.68. The van der Waals surface area contributed by atoms with E-state index in [9.17, 15) is 0 Å². The fourth-order valence-corrected chi connectivity index (χ4v) is 5.02. The zero-order valence-electron chi connectivity index (χ0n) is 17.7. The summed E-state index contributed by atoms with van der Waals surface area (Å²) in [7, 11) is 0. The molecule has 3 heterocycles. The van der Waals surface area contributed by atoms with Crippen molar-refractivity contribution < 1.29 is 0 Å². The van der Waals surface area contributed by atoms with Gasteiger partial charge < -0.3 is 14.8 Å². The van der Waals surface area contributed by atoms with Crippen LogP contribution in [0.1, 0.15) is 52.8 Å². The number of aryl methyl sites for hydroxylation is 3. The number of thiocarbonyl (C=S) groups is 1. The minimum Gasteiger partial charge on any atom is -0.352 e. The van der Waals surface area contributed by atoms with Crippen LogP contribution >= 0.6 is 12.2 Å². The van der Waals surface area contributed by atoms with E-state index < -0.39 is 0 Å². The lowest BCUT2D eigenvalue weighted by Gasteiger charge is -2.27. The predicted octanol–water partition coefficient (Wildman–Crippen LogP) is 5.10.